The molecule has 22 heavy (non-hydrogen) atoms. The third-order valence-corrected chi connectivity index (χ3v) is 3.07. The van der Waals surface area contributed by atoms with Crippen LogP contribution in [-0.4, -0.2) is 33.2 Å². The van der Waals surface area contributed by atoms with Gasteiger partial charge in [0, 0.05) is 11.3 Å². The second-order valence-electron chi connectivity index (χ2n) is 4.46. The Morgan fingerprint density at radius 2 is 2.00 bits per heavy atom. The number of benzene rings is 2. The van der Waals surface area contributed by atoms with Crippen LogP contribution in [0.3, 0.4) is 0 Å². The van der Waals surface area contributed by atoms with E-state index < -0.39 is 0 Å². The number of anilines is 1. The smallest absolute Gasteiger partial charge is 0.255 e. The molecule has 0 spiro atoms. The van der Waals surface area contributed by atoms with E-state index in [0.29, 0.717) is 22.7 Å². The van der Waals surface area contributed by atoms with Crippen LogP contribution < -0.4 is 10.1 Å². The van der Waals surface area contributed by atoms with E-state index in [9.17, 15) is 4.79 Å². The van der Waals surface area contributed by atoms with E-state index in [1.807, 2.05) is 18.2 Å². The van der Waals surface area contributed by atoms with Crippen LogP contribution in [0.2, 0.25) is 0 Å². The number of methoxy groups -OCH3 is 1. The van der Waals surface area contributed by atoms with Crippen molar-refractivity contribution in [1.29, 1.82) is 0 Å². The molecule has 0 atom stereocenters. The van der Waals surface area contributed by atoms with Gasteiger partial charge < -0.3 is 10.1 Å². The van der Waals surface area contributed by atoms with Crippen molar-refractivity contribution in [3.63, 3.8) is 0 Å². The molecule has 0 aliphatic heterocycles. The molecule has 0 aliphatic carbocycles. The highest BCUT2D eigenvalue weighted by Gasteiger charge is 2.10. The molecule has 1 amide bonds. The molecule has 1 aromatic heterocycles. The standard InChI is InChI=1S/C15H13N5O2/c1-22-14-8-7-12(9-13(14)20-10-16-18-19-20)17-15(21)11-5-3-2-4-6-11/h2-10H,1H3,(H,17,21). The highest BCUT2D eigenvalue weighted by Crippen LogP contribution is 2.25. The minimum Gasteiger partial charge on any atom is -0.494 e. The molecule has 1 heterocycles. The molecule has 7 heteroatoms. The minimum atomic E-state index is -0.187. The Hall–Kier alpha value is -3.22. The van der Waals surface area contributed by atoms with Crippen LogP contribution in [0.15, 0.2) is 54.9 Å². The van der Waals surface area contributed by atoms with E-state index >= 15 is 0 Å². The molecule has 3 aromatic rings. The van der Waals surface area contributed by atoms with E-state index in [2.05, 4.69) is 20.8 Å². The summed E-state index contributed by atoms with van der Waals surface area (Å²) in [6.07, 6.45) is 1.46. The Morgan fingerprint density at radius 3 is 2.68 bits per heavy atom. The van der Waals surface area contributed by atoms with Crippen molar-refractivity contribution in [1.82, 2.24) is 20.2 Å². The van der Waals surface area contributed by atoms with Crippen LogP contribution in [0.5, 0.6) is 5.75 Å². The van der Waals surface area contributed by atoms with E-state index in [-0.39, 0.29) is 5.91 Å². The van der Waals surface area contributed by atoms with Crippen LogP contribution >= 0.6 is 0 Å². The summed E-state index contributed by atoms with van der Waals surface area (Å²) in [5, 5.41) is 13.9. The third-order valence-electron chi connectivity index (χ3n) is 3.07. The van der Waals surface area contributed by atoms with Crippen molar-refractivity contribution in [3.8, 4) is 11.4 Å². The van der Waals surface area contributed by atoms with Gasteiger partial charge in [-0.15, -0.1) is 5.10 Å². The lowest BCUT2D eigenvalue weighted by Crippen LogP contribution is -2.12. The largest absolute Gasteiger partial charge is 0.494 e. The SMILES string of the molecule is COc1ccc(NC(=O)c2ccccc2)cc1-n1cnnn1. The Balaban J connectivity index is 1.89. The number of tetrazole rings is 1. The van der Waals surface area contributed by atoms with Crippen LogP contribution in [0.25, 0.3) is 5.69 Å². The molecule has 7 nitrogen and oxygen atoms in total. The zero-order valence-corrected chi connectivity index (χ0v) is 11.8. The molecule has 0 saturated heterocycles. The van der Waals surface area contributed by atoms with Gasteiger partial charge in [-0.25, -0.2) is 0 Å². The maximum Gasteiger partial charge on any atom is 0.255 e. The number of hydrogen-bond acceptors (Lipinski definition) is 5. The summed E-state index contributed by atoms with van der Waals surface area (Å²) >= 11 is 0. The summed E-state index contributed by atoms with van der Waals surface area (Å²) in [4.78, 5) is 12.2. The van der Waals surface area contributed by atoms with Gasteiger partial charge >= 0.3 is 0 Å². The van der Waals surface area contributed by atoms with Crippen LogP contribution in [0.1, 0.15) is 10.4 Å². The lowest BCUT2D eigenvalue weighted by molar-refractivity contribution is 0.102. The maximum atomic E-state index is 12.2. The number of amides is 1. The Kier molecular flexibility index (Phi) is 3.78. The minimum absolute atomic E-state index is 0.187. The quantitative estimate of drug-likeness (QED) is 0.795. The Bertz CT molecular complexity index is 772. The molecule has 0 radical (unpaired) electrons. The molecule has 0 bridgehead atoms. The highest BCUT2D eigenvalue weighted by molar-refractivity contribution is 6.04. The predicted octanol–water partition coefficient (Wildman–Crippen LogP) is 1.92. The Morgan fingerprint density at radius 1 is 1.18 bits per heavy atom. The van der Waals surface area contributed by atoms with Gasteiger partial charge in [0.2, 0.25) is 0 Å². The third kappa shape index (κ3) is 2.78. The summed E-state index contributed by atoms with van der Waals surface area (Å²) in [6, 6.07) is 14.2. The highest BCUT2D eigenvalue weighted by atomic mass is 16.5. The zero-order chi connectivity index (χ0) is 15.4. The predicted molar refractivity (Wildman–Crippen MR) is 80.1 cm³/mol. The summed E-state index contributed by atoms with van der Waals surface area (Å²) in [5.41, 5.74) is 1.85. The summed E-state index contributed by atoms with van der Waals surface area (Å²) < 4.78 is 6.75. The van der Waals surface area contributed by atoms with Crippen molar-refractivity contribution in [2.45, 2.75) is 0 Å². The molecular weight excluding hydrogens is 282 g/mol. The number of carbonyl (C=O) groups is 1. The first-order valence-corrected chi connectivity index (χ1v) is 6.56. The fraction of sp³-hybridized carbons (Fsp3) is 0.0667. The number of ether oxygens (including phenoxy) is 1. The first-order valence-electron chi connectivity index (χ1n) is 6.56. The van der Waals surface area contributed by atoms with Gasteiger partial charge in [0.15, 0.2) is 0 Å². The van der Waals surface area contributed by atoms with Crippen molar-refractivity contribution in [2.24, 2.45) is 0 Å². The first-order chi connectivity index (χ1) is 10.8. The molecule has 1 N–H and O–H groups in total. The van der Waals surface area contributed by atoms with Crippen LogP contribution in [0, 0.1) is 0 Å². The molecular formula is C15H13N5O2. The topological polar surface area (TPSA) is 81.9 Å². The molecule has 0 fully saturated rings. The lowest BCUT2D eigenvalue weighted by Gasteiger charge is -2.11. The molecule has 3 rings (SSSR count). The van der Waals surface area contributed by atoms with Crippen molar-refractivity contribution in [2.75, 3.05) is 12.4 Å². The average Bonchev–Trinajstić information content (AvgIpc) is 3.10. The Labute approximate surface area is 126 Å². The van der Waals surface area contributed by atoms with Crippen LogP contribution in [-0.2, 0) is 0 Å². The number of rotatable bonds is 4. The van der Waals surface area contributed by atoms with Gasteiger partial charge in [0.05, 0.1) is 7.11 Å². The van der Waals surface area contributed by atoms with Gasteiger partial charge in [-0.3, -0.25) is 4.79 Å². The van der Waals surface area contributed by atoms with E-state index in [1.165, 1.54) is 11.0 Å². The fourth-order valence-corrected chi connectivity index (χ4v) is 2.01. The molecule has 0 unspecified atom stereocenters. The molecule has 0 aliphatic rings. The summed E-state index contributed by atoms with van der Waals surface area (Å²) in [7, 11) is 1.56. The number of aromatic nitrogens is 4. The second-order valence-corrected chi connectivity index (χ2v) is 4.46. The molecule has 110 valence electrons. The van der Waals surface area contributed by atoms with Crippen LogP contribution in [0.4, 0.5) is 5.69 Å². The van der Waals surface area contributed by atoms with E-state index in [4.69, 9.17) is 4.74 Å². The van der Waals surface area contributed by atoms with Gasteiger partial charge in [0.1, 0.15) is 17.8 Å². The van der Waals surface area contributed by atoms with Gasteiger partial charge in [-0.2, -0.15) is 4.68 Å². The molecule has 2 aromatic carbocycles. The summed E-state index contributed by atoms with van der Waals surface area (Å²) in [5.74, 6) is 0.415. The van der Waals surface area contributed by atoms with Crippen molar-refractivity contribution in [3.05, 3.63) is 60.4 Å². The second kappa shape index (κ2) is 6.04. The average molecular weight is 295 g/mol. The number of hydrogen-bond donors (Lipinski definition) is 1. The number of carbonyl (C=O) groups excluding carboxylic acids is 1. The van der Waals surface area contributed by atoms with Crippen molar-refractivity contribution >= 4 is 11.6 Å². The fourth-order valence-electron chi connectivity index (χ4n) is 2.01. The monoisotopic (exact) mass is 295 g/mol. The maximum absolute atomic E-state index is 12.2. The van der Waals surface area contributed by atoms with Gasteiger partial charge in [-0.05, 0) is 40.8 Å². The van der Waals surface area contributed by atoms with Crippen molar-refractivity contribution < 1.29 is 9.53 Å². The van der Waals surface area contributed by atoms with E-state index in [0.717, 1.165) is 0 Å². The molecule has 0 saturated carbocycles. The number of nitrogens with one attached hydrogen (secondary N) is 1. The normalized spacial score (nSPS) is 10.2. The zero-order valence-electron chi connectivity index (χ0n) is 11.8. The van der Waals surface area contributed by atoms with E-state index in [1.54, 1.807) is 37.4 Å². The van der Waals surface area contributed by atoms with Gasteiger partial charge in [0.25, 0.3) is 5.91 Å². The van der Waals surface area contributed by atoms with Gasteiger partial charge in [-0.1, -0.05) is 18.2 Å². The number of nitrogens with zero attached hydrogens (tertiary/aromatic N) is 4. The lowest BCUT2D eigenvalue weighted by atomic mass is 10.2. The first kappa shape index (κ1) is 13.7. The summed E-state index contributed by atoms with van der Waals surface area (Å²) in [6.45, 7) is 0.